The van der Waals surface area contributed by atoms with E-state index in [9.17, 15) is 9.18 Å². The highest BCUT2D eigenvalue weighted by molar-refractivity contribution is 5.87. The van der Waals surface area contributed by atoms with Crippen LogP contribution in [0.15, 0.2) is 18.2 Å². The first-order valence-corrected chi connectivity index (χ1v) is 6.78. The Balaban J connectivity index is 1.83. The molecule has 2 N–H and O–H groups in total. The third-order valence-corrected chi connectivity index (χ3v) is 3.89. The van der Waals surface area contributed by atoms with E-state index in [0.29, 0.717) is 12.0 Å². The molecule has 20 heavy (non-hydrogen) atoms. The van der Waals surface area contributed by atoms with Gasteiger partial charge in [0.1, 0.15) is 5.82 Å². The van der Waals surface area contributed by atoms with E-state index in [2.05, 4.69) is 5.32 Å². The Labute approximate surface area is 117 Å². The number of rotatable bonds is 8. The number of carbonyl (C=O) groups is 1. The summed E-state index contributed by atoms with van der Waals surface area (Å²) in [7, 11) is 1.70. The zero-order valence-corrected chi connectivity index (χ0v) is 11.6. The van der Waals surface area contributed by atoms with Gasteiger partial charge in [0, 0.05) is 26.8 Å². The van der Waals surface area contributed by atoms with Crippen LogP contribution in [-0.4, -0.2) is 31.3 Å². The Morgan fingerprint density at radius 3 is 2.80 bits per heavy atom. The topological polar surface area (TPSA) is 58.6 Å². The Hall–Kier alpha value is -1.46. The van der Waals surface area contributed by atoms with Crippen LogP contribution in [0.4, 0.5) is 4.39 Å². The first-order chi connectivity index (χ1) is 9.56. The summed E-state index contributed by atoms with van der Waals surface area (Å²) in [5.41, 5.74) is 0.817. The van der Waals surface area contributed by atoms with Gasteiger partial charge in [0.05, 0.1) is 5.56 Å². The van der Waals surface area contributed by atoms with Crippen LogP contribution >= 0.6 is 0 Å². The van der Waals surface area contributed by atoms with Crippen molar-refractivity contribution in [2.24, 2.45) is 5.41 Å². The van der Waals surface area contributed by atoms with Crippen LogP contribution in [-0.2, 0) is 11.3 Å². The van der Waals surface area contributed by atoms with E-state index in [1.165, 1.54) is 25.0 Å². The minimum Gasteiger partial charge on any atom is -0.478 e. The summed E-state index contributed by atoms with van der Waals surface area (Å²) >= 11 is 0. The van der Waals surface area contributed by atoms with E-state index < -0.39 is 11.8 Å². The molecule has 1 saturated carbocycles. The average Bonchev–Trinajstić information content (AvgIpc) is 3.16. The van der Waals surface area contributed by atoms with Gasteiger partial charge in [-0.05, 0) is 42.4 Å². The fraction of sp³-hybridized carbons (Fsp3) is 0.533. The van der Waals surface area contributed by atoms with Gasteiger partial charge in [-0.3, -0.25) is 0 Å². The number of carboxylic acids is 1. The first-order valence-electron chi connectivity index (χ1n) is 6.78. The summed E-state index contributed by atoms with van der Waals surface area (Å²) in [6, 6.07) is 4.24. The van der Waals surface area contributed by atoms with E-state index in [0.717, 1.165) is 25.1 Å². The highest BCUT2D eigenvalue weighted by Crippen LogP contribution is 2.48. The van der Waals surface area contributed by atoms with Crippen molar-refractivity contribution in [3.63, 3.8) is 0 Å². The molecule has 1 aromatic rings. The highest BCUT2D eigenvalue weighted by atomic mass is 19.1. The molecular formula is C15H20FNO3. The fourth-order valence-electron chi connectivity index (χ4n) is 2.32. The number of halogens is 1. The van der Waals surface area contributed by atoms with Gasteiger partial charge in [0.2, 0.25) is 0 Å². The van der Waals surface area contributed by atoms with E-state index in [1.807, 2.05) is 0 Å². The van der Waals surface area contributed by atoms with Crippen molar-refractivity contribution in [3.8, 4) is 0 Å². The second-order valence-electron chi connectivity index (χ2n) is 5.47. The Bertz CT molecular complexity index is 486. The highest BCUT2D eigenvalue weighted by Gasteiger charge is 2.41. The molecule has 4 nitrogen and oxygen atoms in total. The van der Waals surface area contributed by atoms with Crippen molar-refractivity contribution in [1.29, 1.82) is 0 Å². The molecular weight excluding hydrogens is 261 g/mol. The predicted molar refractivity (Wildman–Crippen MR) is 73.2 cm³/mol. The lowest BCUT2D eigenvalue weighted by atomic mass is 10.0. The minimum atomic E-state index is -1.24. The molecule has 0 saturated heterocycles. The summed E-state index contributed by atoms with van der Waals surface area (Å²) in [5, 5.41) is 12.1. The molecule has 0 spiro atoms. The number of benzene rings is 1. The van der Waals surface area contributed by atoms with Crippen LogP contribution in [0.1, 0.15) is 35.2 Å². The molecule has 0 unspecified atom stereocenters. The fourth-order valence-corrected chi connectivity index (χ4v) is 2.32. The summed E-state index contributed by atoms with van der Waals surface area (Å²) in [6.07, 6.45) is 3.45. The lowest BCUT2D eigenvalue weighted by molar-refractivity contribution is 0.0692. The SMILES string of the molecule is COCCC1(CNCc2ccc(C(=O)O)c(F)c2)CC1. The van der Waals surface area contributed by atoms with Crippen molar-refractivity contribution >= 4 is 5.97 Å². The molecule has 0 radical (unpaired) electrons. The van der Waals surface area contributed by atoms with Crippen LogP contribution in [0, 0.1) is 11.2 Å². The quantitative estimate of drug-likeness (QED) is 0.768. The monoisotopic (exact) mass is 281 g/mol. The molecule has 5 heteroatoms. The molecule has 0 aromatic heterocycles. The van der Waals surface area contributed by atoms with Crippen molar-refractivity contribution in [3.05, 3.63) is 35.1 Å². The maximum Gasteiger partial charge on any atom is 0.338 e. The van der Waals surface area contributed by atoms with Gasteiger partial charge in [0.25, 0.3) is 0 Å². The van der Waals surface area contributed by atoms with Crippen LogP contribution < -0.4 is 5.32 Å². The van der Waals surface area contributed by atoms with Gasteiger partial charge < -0.3 is 15.2 Å². The summed E-state index contributed by atoms with van der Waals surface area (Å²) < 4.78 is 18.6. The standard InChI is InChI=1S/C15H20FNO3/c1-20-7-6-15(4-5-15)10-17-9-11-2-3-12(14(18)19)13(16)8-11/h2-3,8,17H,4-7,9-10H2,1H3,(H,18,19). The third-order valence-electron chi connectivity index (χ3n) is 3.89. The van der Waals surface area contributed by atoms with Crippen molar-refractivity contribution < 1.29 is 19.0 Å². The molecule has 1 aromatic carbocycles. The normalized spacial score (nSPS) is 16.1. The van der Waals surface area contributed by atoms with Crippen molar-refractivity contribution in [2.45, 2.75) is 25.8 Å². The smallest absolute Gasteiger partial charge is 0.338 e. The lowest BCUT2D eigenvalue weighted by Gasteiger charge is -2.15. The second kappa shape index (κ2) is 6.33. The Morgan fingerprint density at radius 2 is 2.25 bits per heavy atom. The van der Waals surface area contributed by atoms with Gasteiger partial charge in [-0.15, -0.1) is 0 Å². The molecule has 1 fully saturated rings. The van der Waals surface area contributed by atoms with Gasteiger partial charge in [0.15, 0.2) is 0 Å². The third kappa shape index (κ3) is 3.77. The number of hydrogen-bond donors (Lipinski definition) is 2. The zero-order chi connectivity index (χ0) is 14.6. The number of ether oxygens (including phenoxy) is 1. The summed E-state index contributed by atoms with van der Waals surface area (Å²) in [4.78, 5) is 10.7. The molecule has 0 heterocycles. The van der Waals surface area contributed by atoms with E-state index in [4.69, 9.17) is 9.84 Å². The van der Waals surface area contributed by atoms with E-state index >= 15 is 0 Å². The first kappa shape index (κ1) is 14.9. The molecule has 0 bridgehead atoms. The number of hydrogen-bond acceptors (Lipinski definition) is 3. The molecule has 1 aliphatic carbocycles. The maximum absolute atomic E-state index is 13.5. The van der Waals surface area contributed by atoms with Gasteiger partial charge in [-0.2, -0.15) is 0 Å². The maximum atomic E-state index is 13.5. The Kier molecular flexibility index (Phi) is 4.73. The molecule has 0 atom stereocenters. The number of methoxy groups -OCH3 is 1. The van der Waals surface area contributed by atoms with Crippen LogP contribution in [0.2, 0.25) is 0 Å². The van der Waals surface area contributed by atoms with E-state index in [-0.39, 0.29) is 5.56 Å². The van der Waals surface area contributed by atoms with Crippen LogP contribution in [0.3, 0.4) is 0 Å². The minimum absolute atomic E-state index is 0.285. The largest absolute Gasteiger partial charge is 0.478 e. The van der Waals surface area contributed by atoms with Crippen molar-refractivity contribution in [2.75, 3.05) is 20.3 Å². The number of aromatic carboxylic acids is 1. The summed E-state index contributed by atoms with van der Waals surface area (Å²) in [6.45, 7) is 2.20. The molecule has 2 rings (SSSR count). The van der Waals surface area contributed by atoms with Gasteiger partial charge in [-0.1, -0.05) is 6.07 Å². The molecule has 0 aliphatic heterocycles. The van der Waals surface area contributed by atoms with E-state index in [1.54, 1.807) is 13.2 Å². The second-order valence-corrected chi connectivity index (χ2v) is 5.47. The van der Waals surface area contributed by atoms with Crippen LogP contribution in [0.5, 0.6) is 0 Å². The predicted octanol–water partition coefficient (Wildman–Crippen LogP) is 2.43. The number of nitrogens with one attached hydrogen (secondary N) is 1. The zero-order valence-electron chi connectivity index (χ0n) is 11.6. The van der Waals surface area contributed by atoms with Gasteiger partial charge >= 0.3 is 5.97 Å². The lowest BCUT2D eigenvalue weighted by Crippen LogP contribution is -2.24. The average molecular weight is 281 g/mol. The Morgan fingerprint density at radius 1 is 1.50 bits per heavy atom. The molecule has 0 amide bonds. The van der Waals surface area contributed by atoms with Crippen LogP contribution in [0.25, 0.3) is 0 Å². The van der Waals surface area contributed by atoms with Gasteiger partial charge in [-0.25, -0.2) is 9.18 Å². The van der Waals surface area contributed by atoms with Crippen molar-refractivity contribution in [1.82, 2.24) is 5.32 Å². The summed E-state index contributed by atoms with van der Waals surface area (Å²) in [5.74, 6) is -1.92. The number of carboxylic acid groups (broad SMARTS) is 1. The molecule has 1 aliphatic rings. The molecule has 110 valence electrons.